The SMILES string of the molecule is CC(C)Oc1c(NCc2ncon2)sc(C#N)c1N. The van der Waals surface area contributed by atoms with Crippen molar-refractivity contribution in [3.63, 3.8) is 0 Å². The maximum Gasteiger partial charge on any atom is 0.213 e. The highest BCUT2D eigenvalue weighted by molar-refractivity contribution is 7.17. The molecule has 0 saturated carbocycles. The molecule has 0 unspecified atom stereocenters. The summed E-state index contributed by atoms with van der Waals surface area (Å²) in [7, 11) is 0. The molecule has 0 bridgehead atoms. The van der Waals surface area contributed by atoms with E-state index in [1.165, 1.54) is 17.7 Å². The van der Waals surface area contributed by atoms with E-state index >= 15 is 0 Å². The Morgan fingerprint density at radius 2 is 2.42 bits per heavy atom. The Labute approximate surface area is 114 Å². The van der Waals surface area contributed by atoms with E-state index in [-0.39, 0.29) is 6.10 Å². The van der Waals surface area contributed by atoms with Gasteiger partial charge in [-0.1, -0.05) is 5.16 Å². The number of nitrogen functional groups attached to an aromatic ring is 1. The van der Waals surface area contributed by atoms with Crippen molar-refractivity contribution in [2.75, 3.05) is 11.1 Å². The van der Waals surface area contributed by atoms with E-state index in [4.69, 9.17) is 15.7 Å². The third-order valence-electron chi connectivity index (χ3n) is 2.17. The van der Waals surface area contributed by atoms with Crippen molar-refractivity contribution in [2.45, 2.75) is 26.5 Å². The molecule has 0 saturated heterocycles. The molecule has 0 amide bonds. The van der Waals surface area contributed by atoms with Gasteiger partial charge in [-0.25, -0.2) is 0 Å². The Kier molecular flexibility index (Phi) is 3.87. The highest BCUT2D eigenvalue weighted by atomic mass is 32.1. The molecule has 3 N–H and O–H groups in total. The quantitative estimate of drug-likeness (QED) is 0.860. The Hall–Kier alpha value is -2.27. The van der Waals surface area contributed by atoms with Gasteiger partial charge in [-0.15, -0.1) is 11.3 Å². The number of hydrogen-bond acceptors (Lipinski definition) is 8. The van der Waals surface area contributed by atoms with E-state index in [2.05, 4.69) is 20.0 Å². The zero-order chi connectivity index (χ0) is 13.8. The molecule has 0 aliphatic carbocycles. The van der Waals surface area contributed by atoms with Crippen LogP contribution >= 0.6 is 11.3 Å². The van der Waals surface area contributed by atoms with Gasteiger partial charge in [0, 0.05) is 0 Å². The molecule has 0 fully saturated rings. The second-order valence-corrected chi connectivity index (χ2v) is 5.00. The zero-order valence-electron chi connectivity index (χ0n) is 10.5. The summed E-state index contributed by atoms with van der Waals surface area (Å²) in [6, 6.07) is 2.05. The van der Waals surface area contributed by atoms with Crippen molar-refractivity contribution in [3.05, 3.63) is 17.1 Å². The molecule has 7 nitrogen and oxygen atoms in total. The first-order chi connectivity index (χ1) is 9.11. The lowest BCUT2D eigenvalue weighted by molar-refractivity contribution is 0.246. The van der Waals surface area contributed by atoms with Crippen molar-refractivity contribution in [1.82, 2.24) is 10.1 Å². The summed E-state index contributed by atoms with van der Waals surface area (Å²) >= 11 is 1.24. The van der Waals surface area contributed by atoms with E-state index in [1.54, 1.807) is 0 Å². The molecule has 2 aromatic rings. The van der Waals surface area contributed by atoms with Crippen molar-refractivity contribution >= 4 is 22.0 Å². The summed E-state index contributed by atoms with van der Waals surface area (Å²) in [4.78, 5) is 4.32. The number of nitriles is 1. The van der Waals surface area contributed by atoms with E-state index in [0.29, 0.717) is 33.7 Å². The van der Waals surface area contributed by atoms with Crippen LogP contribution in [-0.4, -0.2) is 16.2 Å². The summed E-state index contributed by atoms with van der Waals surface area (Å²) in [6.45, 7) is 4.16. The van der Waals surface area contributed by atoms with Crippen LogP contribution in [0.25, 0.3) is 0 Å². The number of aromatic nitrogens is 2. The van der Waals surface area contributed by atoms with Gasteiger partial charge in [-0.05, 0) is 13.8 Å². The number of ether oxygens (including phenoxy) is 1. The van der Waals surface area contributed by atoms with Gasteiger partial charge in [0.05, 0.1) is 12.6 Å². The number of nitrogens with zero attached hydrogens (tertiary/aromatic N) is 3. The van der Waals surface area contributed by atoms with Crippen LogP contribution in [0.4, 0.5) is 10.7 Å². The minimum absolute atomic E-state index is 0.0332. The number of anilines is 2. The normalized spacial score (nSPS) is 10.4. The van der Waals surface area contributed by atoms with Crippen molar-refractivity contribution in [2.24, 2.45) is 0 Å². The van der Waals surface area contributed by atoms with Crippen LogP contribution in [0.5, 0.6) is 5.75 Å². The van der Waals surface area contributed by atoms with Gasteiger partial charge in [-0.3, -0.25) is 0 Å². The first-order valence-electron chi connectivity index (χ1n) is 5.60. The molecular formula is C11H13N5O2S. The highest BCUT2D eigenvalue weighted by Crippen LogP contribution is 2.42. The highest BCUT2D eigenvalue weighted by Gasteiger charge is 2.18. The predicted octanol–water partition coefficient (Wildman–Crippen LogP) is 1.98. The van der Waals surface area contributed by atoms with Crippen LogP contribution in [0.1, 0.15) is 24.5 Å². The lowest BCUT2D eigenvalue weighted by Gasteiger charge is -2.11. The molecule has 0 aromatic carbocycles. The number of nitrogens with two attached hydrogens (primary N) is 1. The molecule has 0 aliphatic heterocycles. The van der Waals surface area contributed by atoms with Crippen molar-refractivity contribution in [3.8, 4) is 11.8 Å². The summed E-state index contributed by atoms with van der Waals surface area (Å²) in [5, 5.41) is 16.5. The first-order valence-corrected chi connectivity index (χ1v) is 6.41. The fourth-order valence-corrected chi connectivity index (χ4v) is 2.26. The smallest absolute Gasteiger partial charge is 0.213 e. The van der Waals surface area contributed by atoms with E-state index < -0.39 is 0 Å². The van der Waals surface area contributed by atoms with E-state index in [0.717, 1.165) is 0 Å². The molecule has 8 heteroatoms. The number of rotatable bonds is 5. The molecule has 0 spiro atoms. The van der Waals surface area contributed by atoms with Gasteiger partial charge in [0.1, 0.15) is 21.6 Å². The zero-order valence-corrected chi connectivity index (χ0v) is 11.3. The molecule has 2 heterocycles. The average molecular weight is 279 g/mol. The van der Waals surface area contributed by atoms with Crippen LogP contribution < -0.4 is 15.8 Å². The summed E-state index contributed by atoms with van der Waals surface area (Å²) in [5.41, 5.74) is 6.24. The predicted molar refractivity (Wildman–Crippen MR) is 70.8 cm³/mol. The van der Waals surface area contributed by atoms with Crippen LogP contribution in [0.3, 0.4) is 0 Å². The Morgan fingerprint density at radius 1 is 1.63 bits per heavy atom. The Bertz CT molecular complexity index is 585. The third kappa shape index (κ3) is 2.95. The van der Waals surface area contributed by atoms with Crippen LogP contribution in [0, 0.1) is 11.3 Å². The molecule has 0 aliphatic rings. The minimum Gasteiger partial charge on any atom is -0.486 e. The standard InChI is InChI=1S/C11H13N5O2S/c1-6(2)18-10-9(13)7(3-12)19-11(10)14-4-8-15-5-17-16-8/h5-6,14H,4,13H2,1-2H3. The molecule has 2 rings (SSSR count). The number of hydrogen-bond donors (Lipinski definition) is 2. The van der Waals surface area contributed by atoms with Gasteiger partial charge >= 0.3 is 0 Å². The lowest BCUT2D eigenvalue weighted by atomic mass is 10.3. The van der Waals surface area contributed by atoms with Gasteiger partial charge in [0.25, 0.3) is 0 Å². The first kappa shape index (κ1) is 13.2. The Balaban J connectivity index is 2.20. The van der Waals surface area contributed by atoms with Gasteiger partial charge in [0.15, 0.2) is 11.6 Å². The van der Waals surface area contributed by atoms with Crippen LogP contribution in [-0.2, 0) is 6.54 Å². The van der Waals surface area contributed by atoms with Crippen LogP contribution in [0.15, 0.2) is 10.9 Å². The molecular weight excluding hydrogens is 266 g/mol. The van der Waals surface area contributed by atoms with E-state index in [9.17, 15) is 0 Å². The van der Waals surface area contributed by atoms with Crippen molar-refractivity contribution in [1.29, 1.82) is 5.26 Å². The fourth-order valence-electron chi connectivity index (χ4n) is 1.41. The summed E-state index contributed by atoms with van der Waals surface area (Å²) in [6.07, 6.45) is 1.22. The van der Waals surface area contributed by atoms with Gasteiger partial charge in [0.2, 0.25) is 6.39 Å². The summed E-state index contributed by atoms with van der Waals surface area (Å²) in [5.74, 6) is 1.01. The van der Waals surface area contributed by atoms with Crippen molar-refractivity contribution < 1.29 is 9.26 Å². The molecule has 2 aromatic heterocycles. The van der Waals surface area contributed by atoms with Gasteiger partial charge in [-0.2, -0.15) is 10.2 Å². The minimum atomic E-state index is -0.0332. The topological polar surface area (TPSA) is 110 Å². The second-order valence-electron chi connectivity index (χ2n) is 3.98. The number of thiophene rings is 1. The second kappa shape index (κ2) is 5.58. The lowest BCUT2D eigenvalue weighted by Crippen LogP contribution is -2.09. The van der Waals surface area contributed by atoms with E-state index in [1.807, 2.05) is 19.9 Å². The molecule has 0 atom stereocenters. The molecule has 100 valence electrons. The molecule has 19 heavy (non-hydrogen) atoms. The maximum absolute atomic E-state index is 9.00. The molecule has 0 radical (unpaired) electrons. The number of nitrogens with one attached hydrogen (secondary N) is 1. The summed E-state index contributed by atoms with van der Waals surface area (Å²) < 4.78 is 10.3. The largest absolute Gasteiger partial charge is 0.486 e. The monoisotopic (exact) mass is 279 g/mol. The fraction of sp³-hybridized carbons (Fsp3) is 0.364. The maximum atomic E-state index is 9.00. The Morgan fingerprint density at radius 3 is 3.00 bits per heavy atom. The average Bonchev–Trinajstić information content (AvgIpc) is 2.97. The van der Waals surface area contributed by atoms with Gasteiger partial charge < -0.3 is 20.3 Å². The third-order valence-corrected chi connectivity index (χ3v) is 3.22. The van der Waals surface area contributed by atoms with Crippen LogP contribution in [0.2, 0.25) is 0 Å².